The van der Waals surface area contributed by atoms with Gasteiger partial charge in [0.15, 0.2) is 0 Å². The number of aliphatic hydroxyl groups excluding tert-OH is 2. The van der Waals surface area contributed by atoms with E-state index in [4.69, 9.17) is 4.74 Å². The molecule has 20 atom stereocenters. The minimum Gasteiger partial charge on any atom is -0.454 e. The van der Waals surface area contributed by atoms with Gasteiger partial charge < -0.3 is 40.4 Å². The maximum absolute atomic E-state index is 15.4. The predicted molar refractivity (Wildman–Crippen MR) is 312 cm³/mol. The summed E-state index contributed by atoms with van der Waals surface area (Å²) in [5.74, 6) is 7.02. The number of rotatable bonds is 10. The van der Waals surface area contributed by atoms with E-state index in [2.05, 4.69) is 90.8 Å². The zero-order chi connectivity index (χ0) is 55.7. The molecule has 3 aromatic rings. The third-order valence-electron chi connectivity index (χ3n) is 26.5. The van der Waals surface area contributed by atoms with Gasteiger partial charge in [-0.05, 0) is 222 Å². The number of hydrogen-bond acceptors (Lipinski definition) is 9. The maximum Gasteiger partial charge on any atom is 0.331 e. The van der Waals surface area contributed by atoms with Crippen molar-refractivity contribution in [3.8, 4) is 11.8 Å². The maximum atomic E-state index is 15.4. The minimum absolute atomic E-state index is 0.116. The zero-order valence-electron chi connectivity index (χ0n) is 48.4. The Bertz CT molecular complexity index is 2980. The van der Waals surface area contributed by atoms with Gasteiger partial charge in [-0.2, -0.15) is 0 Å². The first-order chi connectivity index (χ1) is 39.1. The molecule has 0 amide bonds. The standard InChI is InChI=1S/C72H91NO8/c1-45(50-16-9-10-17-50)52-22-23-59-65(77)67(30-25-48(38-67)21-20-46-12-5-3-6-13-46)43-69(44-75)61-27-31-68-42-66(28-24-49(37-66)32-47-14-7-4-8-15-47)29-26-51-18-11-19-53(41-74)56(51)35-60(73-2)57-34-54(63(68)58-36-62(76)81-64(57)58)39-71(68,79)70(61,78)40-55(33-52)72(59,69)80/h3-8,11-15,18-19,36,44-45,48-50,52,54-55,57,59-61,63-65,73-74,77-80H,9-10,16-17,20-25,27-28,30-35,37-43H2,1-2H3. The fraction of sp³-hybridized carbons (Fsp3) is 0.667. The molecule has 3 spiro atoms. The van der Waals surface area contributed by atoms with Crippen LogP contribution in [0, 0.1) is 98.6 Å². The van der Waals surface area contributed by atoms with E-state index in [-0.39, 0.29) is 48.7 Å². The van der Waals surface area contributed by atoms with Gasteiger partial charge in [0.25, 0.3) is 0 Å². The van der Waals surface area contributed by atoms with E-state index in [1.165, 1.54) is 36.8 Å². The van der Waals surface area contributed by atoms with Crippen molar-refractivity contribution in [2.45, 2.75) is 203 Å². The zero-order valence-corrected chi connectivity index (χ0v) is 48.4. The summed E-state index contributed by atoms with van der Waals surface area (Å²) in [6, 6.07) is 27.3. The molecule has 0 saturated heterocycles. The molecule has 3 aromatic carbocycles. The van der Waals surface area contributed by atoms with Crippen LogP contribution in [0.5, 0.6) is 0 Å². The van der Waals surface area contributed by atoms with Crippen molar-refractivity contribution in [3.05, 3.63) is 118 Å². The monoisotopic (exact) mass is 1100 g/mol. The van der Waals surface area contributed by atoms with Crippen molar-refractivity contribution in [2.75, 3.05) is 7.05 Å². The highest BCUT2D eigenvalue weighted by Crippen LogP contribution is 2.80. The Balaban J connectivity index is 0.939. The Kier molecular flexibility index (Phi) is 13.7. The molecule has 9 fully saturated rings. The third kappa shape index (κ3) is 8.18. The Morgan fingerprint density at radius 1 is 0.802 bits per heavy atom. The number of aldehydes is 1. The fourth-order valence-electron chi connectivity index (χ4n) is 23.2. The summed E-state index contributed by atoms with van der Waals surface area (Å²) in [6.45, 7) is 2.31. The SMILES string of the molecule is CNC1Cc2c(cccc2CO)C#CC2(CCC(Cc3ccccc3)C2)CC23CCC4C(O)(CC5CC(C(C)C6CCCC6)CCC6C(O)C7(CCC(CCc8ccccc8)C7)CC4(C=O)C56O)C2(O)CC2CC1C1OC(=O)C=C1C23. The number of likely N-dealkylation sites (N-methyl/N-ethyl adjacent to an activating group) is 1. The van der Waals surface area contributed by atoms with Crippen LogP contribution in [0.4, 0.5) is 0 Å². The molecule has 0 radical (unpaired) electrons. The lowest BCUT2D eigenvalue weighted by Crippen LogP contribution is -2.82. The van der Waals surface area contributed by atoms with Crippen LogP contribution in [0.2, 0.25) is 0 Å². The van der Waals surface area contributed by atoms with E-state index in [1.54, 1.807) is 6.08 Å². The van der Waals surface area contributed by atoms with Gasteiger partial charge in [-0.25, -0.2) is 4.79 Å². The summed E-state index contributed by atoms with van der Waals surface area (Å²) in [4.78, 5) is 29.6. The van der Waals surface area contributed by atoms with E-state index >= 15 is 15.0 Å². The molecule has 20 unspecified atom stereocenters. The van der Waals surface area contributed by atoms with Crippen LogP contribution < -0.4 is 5.32 Å². The van der Waals surface area contributed by atoms with Crippen molar-refractivity contribution in [3.63, 3.8) is 0 Å². The second kappa shape index (κ2) is 20.3. The van der Waals surface area contributed by atoms with Gasteiger partial charge in [0.2, 0.25) is 0 Å². The lowest BCUT2D eigenvalue weighted by atomic mass is 9.33. The molecular formula is C72H91NO8. The molecule has 15 rings (SSSR count). The summed E-state index contributed by atoms with van der Waals surface area (Å²) in [6.07, 6.45) is 20.0. The summed E-state index contributed by atoms with van der Waals surface area (Å²) in [7, 11) is 1.98. The minimum atomic E-state index is -1.79. The van der Waals surface area contributed by atoms with Crippen LogP contribution in [0.1, 0.15) is 170 Å². The topological polar surface area (TPSA) is 157 Å². The fourth-order valence-corrected chi connectivity index (χ4v) is 23.2. The van der Waals surface area contributed by atoms with Crippen LogP contribution in [-0.2, 0) is 40.2 Å². The molecule has 11 aliphatic carbocycles. The van der Waals surface area contributed by atoms with Gasteiger partial charge in [0, 0.05) is 46.3 Å². The second-order valence-electron chi connectivity index (χ2n) is 29.7. The molecule has 9 saturated carbocycles. The highest BCUT2D eigenvalue weighted by atomic mass is 16.5. The molecule has 9 heteroatoms. The quantitative estimate of drug-likeness (QED) is 0.0661. The summed E-state index contributed by atoms with van der Waals surface area (Å²) >= 11 is 0. The molecule has 9 nitrogen and oxygen atoms in total. The van der Waals surface area contributed by atoms with Gasteiger partial charge in [0.1, 0.15) is 18.0 Å². The first-order valence-electron chi connectivity index (χ1n) is 32.4. The normalized spacial score (nSPS) is 45.2. The molecule has 1 aliphatic heterocycles. The van der Waals surface area contributed by atoms with E-state index in [0.717, 1.165) is 92.8 Å². The number of nitrogens with one attached hydrogen (secondary N) is 1. The Labute approximate surface area is 481 Å². The van der Waals surface area contributed by atoms with Crippen molar-refractivity contribution < 1.29 is 39.9 Å². The number of esters is 1. The molecule has 4 bridgehead atoms. The number of fused-ring (bicyclic) bond motifs is 4. The molecule has 81 heavy (non-hydrogen) atoms. The van der Waals surface area contributed by atoms with Crippen LogP contribution >= 0.6 is 0 Å². The molecular weight excluding hydrogens is 1010 g/mol. The largest absolute Gasteiger partial charge is 0.454 e. The highest BCUT2D eigenvalue weighted by molar-refractivity contribution is 5.86. The van der Waals surface area contributed by atoms with Gasteiger partial charge in [0.05, 0.1) is 29.3 Å². The Morgan fingerprint density at radius 2 is 1.57 bits per heavy atom. The molecule has 1 heterocycles. The van der Waals surface area contributed by atoms with E-state index in [0.29, 0.717) is 81.5 Å². The van der Waals surface area contributed by atoms with Crippen molar-refractivity contribution in [1.82, 2.24) is 5.32 Å². The molecule has 432 valence electrons. The lowest BCUT2D eigenvalue weighted by molar-refractivity contribution is -0.356. The van der Waals surface area contributed by atoms with Crippen molar-refractivity contribution in [2.24, 2.45) is 86.8 Å². The van der Waals surface area contributed by atoms with Crippen LogP contribution in [0.25, 0.3) is 0 Å². The van der Waals surface area contributed by atoms with Crippen LogP contribution in [0.3, 0.4) is 0 Å². The average molecular weight is 1100 g/mol. The average Bonchev–Trinajstić information content (AvgIpc) is 2.76. The number of hydrogen-bond donors (Lipinski definition) is 6. The smallest absolute Gasteiger partial charge is 0.331 e. The van der Waals surface area contributed by atoms with Gasteiger partial charge in [-0.15, -0.1) is 0 Å². The number of carbonyl (C=O) groups excluding carboxylic acids is 2. The van der Waals surface area contributed by atoms with Crippen LogP contribution in [-0.4, -0.2) is 79.9 Å². The number of benzene rings is 3. The summed E-state index contributed by atoms with van der Waals surface area (Å²) in [5.41, 5.74) is -2.39. The predicted octanol–water partition coefficient (Wildman–Crippen LogP) is 10.8. The Hall–Kier alpha value is -4.14. The van der Waals surface area contributed by atoms with Crippen LogP contribution in [0.15, 0.2) is 90.5 Å². The van der Waals surface area contributed by atoms with E-state index in [1.807, 2.05) is 19.2 Å². The number of ether oxygens (including phenoxy) is 1. The highest BCUT2D eigenvalue weighted by Gasteiger charge is 2.85. The third-order valence-corrected chi connectivity index (χ3v) is 26.5. The van der Waals surface area contributed by atoms with Crippen molar-refractivity contribution in [1.29, 1.82) is 0 Å². The van der Waals surface area contributed by atoms with Gasteiger partial charge in [-0.3, -0.25) is 0 Å². The summed E-state index contributed by atoms with van der Waals surface area (Å²) in [5, 5.41) is 73.1. The first-order valence-corrected chi connectivity index (χ1v) is 32.4. The summed E-state index contributed by atoms with van der Waals surface area (Å²) < 4.78 is 6.55. The van der Waals surface area contributed by atoms with E-state index in [9.17, 15) is 20.1 Å². The number of aryl methyl sites for hydroxylation is 1. The molecule has 12 aliphatic rings. The first kappa shape index (κ1) is 54.8. The molecule has 6 N–H and O–H groups in total. The Morgan fingerprint density at radius 3 is 2.32 bits per heavy atom. The van der Waals surface area contributed by atoms with Gasteiger partial charge >= 0.3 is 5.97 Å². The number of carbonyl (C=O) groups is 2. The molecule has 0 aromatic heterocycles. The van der Waals surface area contributed by atoms with E-state index < -0.39 is 68.4 Å². The number of aliphatic hydroxyl groups is 5. The van der Waals surface area contributed by atoms with Crippen molar-refractivity contribution >= 4 is 12.3 Å². The van der Waals surface area contributed by atoms with Gasteiger partial charge in [-0.1, -0.05) is 117 Å². The second-order valence-corrected chi connectivity index (χ2v) is 29.7. The lowest BCUT2D eigenvalue weighted by Gasteiger charge is -2.74.